The molecule has 0 radical (unpaired) electrons. The third-order valence-corrected chi connectivity index (χ3v) is 5.25. The van der Waals surface area contributed by atoms with Crippen LogP contribution in [-0.2, 0) is 0 Å². The van der Waals surface area contributed by atoms with Crippen molar-refractivity contribution in [2.24, 2.45) is 5.92 Å². The second kappa shape index (κ2) is 7.05. The van der Waals surface area contributed by atoms with Gasteiger partial charge in [0, 0.05) is 16.1 Å². The fraction of sp³-hybridized carbons (Fsp3) is 0.600. The van der Waals surface area contributed by atoms with E-state index in [2.05, 4.69) is 21.2 Å². The second-order valence-corrected chi connectivity index (χ2v) is 6.57. The van der Waals surface area contributed by atoms with Crippen LogP contribution in [0.25, 0.3) is 0 Å². The summed E-state index contributed by atoms with van der Waals surface area (Å²) < 4.78 is 14.8. The van der Waals surface area contributed by atoms with Crippen LogP contribution < -0.4 is 5.32 Å². The van der Waals surface area contributed by atoms with Gasteiger partial charge >= 0.3 is 0 Å². The lowest BCUT2D eigenvalue weighted by Crippen LogP contribution is -2.26. The Labute approximate surface area is 128 Å². The van der Waals surface area contributed by atoms with Gasteiger partial charge in [-0.15, -0.1) is 0 Å². The van der Waals surface area contributed by atoms with Gasteiger partial charge in [0.2, 0.25) is 0 Å². The summed E-state index contributed by atoms with van der Waals surface area (Å²) in [5.74, 6) is 0.319. The summed E-state index contributed by atoms with van der Waals surface area (Å²) in [5.41, 5.74) is 0.697. The Morgan fingerprint density at radius 3 is 2.47 bits per heavy atom. The van der Waals surface area contributed by atoms with E-state index in [1.54, 1.807) is 6.07 Å². The molecular weight excluding hydrogens is 329 g/mol. The molecular formula is C15H20BrClFN. The molecule has 1 nitrogen and oxygen atoms in total. The van der Waals surface area contributed by atoms with Gasteiger partial charge in [-0.25, -0.2) is 4.39 Å². The first-order valence-corrected chi connectivity index (χ1v) is 8.12. The summed E-state index contributed by atoms with van der Waals surface area (Å²) in [6, 6.07) is 3.29. The zero-order valence-electron chi connectivity index (χ0n) is 11.2. The third-order valence-electron chi connectivity index (χ3n) is 4.06. The van der Waals surface area contributed by atoms with Gasteiger partial charge in [-0.05, 0) is 53.9 Å². The van der Waals surface area contributed by atoms with Crippen molar-refractivity contribution in [3.05, 3.63) is 33.0 Å². The molecule has 106 valence electrons. The SMILES string of the molecule is CNC(c1cc(Cl)c(Br)cc1F)C1CCCCCC1. The molecule has 1 aromatic carbocycles. The highest BCUT2D eigenvalue weighted by Crippen LogP contribution is 2.36. The van der Waals surface area contributed by atoms with E-state index in [1.165, 1.54) is 44.6 Å². The van der Waals surface area contributed by atoms with Gasteiger partial charge in [0.05, 0.1) is 5.02 Å². The highest BCUT2D eigenvalue weighted by Gasteiger charge is 2.25. The van der Waals surface area contributed by atoms with Gasteiger partial charge in [-0.1, -0.05) is 37.3 Å². The molecule has 1 aliphatic carbocycles. The van der Waals surface area contributed by atoms with E-state index in [9.17, 15) is 4.39 Å². The maximum absolute atomic E-state index is 14.2. The van der Waals surface area contributed by atoms with Crippen molar-refractivity contribution in [2.75, 3.05) is 7.05 Å². The number of hydrogen-bond donors (Lipinski definition) is 1. The zero-order chi connectivity index (χ0) is 13.8. The van der Waals surface area contributed by atoms with Crippen molar-refractivity contribution in [1.29, 1.82) is 0 Å². The van der Waals surface area contributed by atoms with Gasteiger partial charge in [0.25, 0.3) is 0 Å². The van der Waals surface area contributed by atoms with Crippen molar-refractivity contribution in [3.63, 3.8) is 0 Å². The molecule has 19 heavy (non-hydrogen) atoms. The molecule has 1 saturated carbocycles. The molecule has 0 aliphatic heterocycles. The normalized spacial score (nSPS) is 19.2. The second-order valence-electron chi connectivity index (χ2n) is 5.31. The molecule has 1 unspecified atom stereocenters. The van der Waals surface area contributed by atoms with Gasteiger partial charge in [-0.2, -0.15) is 0 Å². The fourth-order valence-corrected chi connectivity index (χ4v) is 3.55. The summed E-state index contributed by atoms with van der Waals surface area (Å²) in [6.45, 7) is 0. The fourth-order valence-electron chi connectivity index (χ4n) is 3.07. The highest BCUT2D eigenvalue weighted by molar-refractivity contribution is 9.10. The van der Waals surface area contributed by atoms with Crippen LogP contribution in [0.2, 0.25) is 5.02 Å². The van der Waals surface area contributed by atoms with E-state index in [4.69, 9.17) is 11.6 Å². The van der Waals surface area contributed by atoms with Crippen LogP contribution >= 0.6 is 27.5 Å². The number of nitrogens with one attached hydrogen (secondary N) is 1. The van der Waals surface area contributed by atoms with Gasteiger partial charge < -0.3 is 5.32 Å². The minimum Gasteiger partial charge on any atom is -0.313 e. The monoisotopic (exact) mass is 347 g/mol. The Morgan fingerprint density at radius 1 is 1.26 bits per heavy atom. The lowest BCUT2D eigenvalue weighted by atomic mass is 9.87. The predicted octanol–water partition coefficient (Wildman–Crippen LogP) is 5.47. The van der Waals surface area contributed by atoms with Gasteiger partial charge in [-0.3, -0.25) is 0 Å². The third kappa shape index (κ3) is 3.71. The molecule has 0 aromatic heterocycles. The summed E-state index contributed by atoms with van der Waals surface area (Å²) >= 11 is 9.38. The molecule has 0 saturated heterocycles. The van der Waals surface area contributed by atoms with E-state index in [0.717, 1.165) is 0 Å². The molecule has 1 fully saturated rings. The Balaban J connectivity index is 2.27. The lowest BCUT2D eigenvalue weighted by molar-refractivity contribution is 0.333. The van der Waals surface area contributed by atoms with Crippen LogP contribution in [0, 0.1) is 11.7 Å². The van der Waals surface area contributed by atoms with Crippen LogP contribution in [-0.4, -0.2) is 7.05 Å². The maximum atomic E-state index is 14.2. The van der Waals surface area contributed by atoms with E-state index in [0.29, 0.717) is 21.0 Å². The molecule has 1 atom stereocenters. The van der Waals surface area contributed by atoms with E-state index < -0.39 is 0 Å². The molecule has 1 N–H and O–H groups in total. The summed E-state index contributed by atoms with van der Waals surface area (Å²) in [6.07, 6.45) is 7.42. The molecule has 0 spiro atoms. The minimum absolute atomic E-state index is 0.0590. The Kier molecular flexibility index (Phi) is 5.67. The van der Waals surface area contributed by atoms with Crippen LogP contribution in [0.3, 0.4) is 0 Å². The first-order valence-electron chi connectivity index (χ1n) is 6.95. The average Bonchev–Trinajstić information content (AvgIpc) is 2.65. The van der Waals surface area contributed by atoms with Crippen molar-refractivity contribution in [3.8, 4) is 0 Å². The number of hydrogen-bond acceptors (Lipinski definition) is 1. The smallest absolute Gasteiger partial charge is 0.129 e. The quantitative estimate of drug-likeness (QED) is 0.564. The topological polar surface area (TPSA) is 12.0 Å². The maximum Gasteiger partial charge on any atom is 0.129 e. The molecule has 1 aromatic rings. The van der Waals surface area contributed by atoms with Crippen molar-refractivity contribution < 1.29 is 4.39 Å². The van der Waals surface area contributed by atoms with Gasteiger partial charge in [0.15, 0.2) is 0 Å². The largest absolute Gasteiger partial charge is 0.313 e. The molecule has 0 amide bonds. The minimum atomic E-state index is -0.181. The van der Waals surface area contributed by atoms with Crippen LogP contribution in [0.5, 0.6) is 0 Å². The van der Waals surface area contributed by atoms with Crippen LogP contribution in [0.15, 0.2) is 16.6 Å². The van der Waals surface area contributed by atoms with E-state index in [-0.39, 0.29) is 11.9 Å². The van der Waals surface area contributed by atoms with Crippen molar-refractivity contribution in [2.45, 2.75) is 44.6 Å². The summed E-state index contributed by atoms with van der Waals surface area (Å²) in [5, 5.41) is 3.86. The summed E-state index contributed by atoms with van der Waals surface area (Å²) in [7, 11) is 1.91. The molecule has 4 heteroatoms. The highest BCUT2D eigenvalue weighted by atomic mass is 79.9. The predicted molar refractivity (Wildman–Crippen MR) is 82.1 cm³/mol. The van der Waals surface area contributed by atoms with E-state index >= 15 is 0 Å². The number of benzene rings is 1. The molecule has 0 heterocycles. The average molecular weight is 349 g/mol. The van der Waals surface area contributed by atoms with Crippen molar-refractivity contribution in [1.82, 2.24) is 5.32 Å². The molecule has 1 aliphatic rings. The Hall–Kier alpha value is -0.120. The number of halogens is 3. The van der Waals surface area contributed by atoms with Crippen molar-refractivity contribution >= 4 is 27.5 Å². The zero-order valence-corrected chi connectivity index (χ0v) is 13.5. The van der Waals surface area contributed by atoms with Gasteiger partial charge in [0.1, 0.15) is 5.82 Å². The first kappa shape index (κ1) is 15.3. The van der Waals surface area contributed by atoms with E-state index in [1.807, 2.05) is 7.05 Å². The van der Waals surface area contributed by atoms with Crippen LogP contribution in [0.1, 0.15) is 50.1 Å². The Morgan fingerprint density at radius 2 is 1.89 bits per heavy atom. The standard InChI is InChI=1S/C15H20BrClFN/c1-19-15(10-6-4-2-3-5-7-10)11-8-13(17)12(16)9-14(11)18/h8-10,15,19H,2-7H2,1H3. The van der Waals surface area contributed by atoms with Crippen LogP contribution in [0.4, 0.5) is 4.39 Å². The molecule has 0 bridgehead atoms. The Bertz CT molecular complexity index is 430. The molecule has 2 rings (SSSR count). The first-order chi connectivity index (χ1) is 9.13. The summed E-state index contributed by atoms with van der Waals surface area (Å²) in [4.78, 5) is 0. The lowest BCUT2D eigenvalue weighted by Gasteiger charge is -2.27. The number of rotatable bonds is 3.